The molecule has 0 bridgehead atoms. The van der Waals surface area contributed by atoms with Gasteiger partial charge >= 0.3 is 0 Å². The van der Waals surface area contributed by atoms with Crippen LogP contribution in [0, 0.1) is 35.5 Å². The second kappa shape index (κ2) is 7.44. The number of hydrogen-bond donors (Lipinski definition) is 2. The van der Waals surface area contributed by atoms with Gasteiger partial charge < -0.3 is 15.0 Å². The number of hydrogen-bond acceptors (Lipinski definition) is 4. The van der Waals surface area contributed by atoms with Crippen molar-refractivity contribution in [3.8, 4) is 12.1 Å². The summed E-state index contributed by atoms with van der Waals surface area (Å²) in [5, 5.41) is 30.4. The Hall–Kier alpha value is -2.57. The van der Waals surface area contributed by atoms with E-state index < -0.39 is 12.0 Å². The van der Waals surface area contributed by atoms with Gasteiger partial charge in [-0.25, -0.2) is 0 Å². The number of aliphatic hydroxyl groups excluding tert-OH is 1. The fourth-order valence-corrected chi connectivity index (χ4v) is 1.81. The molecule has 1 aromatic rings. The molecule has 1 unspecified atom stereocenters. The first-order valence-electron chi connectivity index (χ1n) is 6.96. The van der Waals surface area contributed by atoms with Crippen molar-refractivity contribution in [2.45, 2.75) is 26.9 Å². The third-order valence-electron chi connectivity index (χ3n) is 3.60. The molecule has 1 heterocycles. The van der Waals surface area contributed by atoms with Gasteiger partial charge in [0.05, 0.1) is 6.10 Å². The van der Waals surface area contributed by atoms with Gasteiger partial charge in [-0.3, -0.25) is 4.79 Å². The molecule has 0 aliphatic carbocycles. The minimum absolute atomic E-state index is 0.0179. The average molecular weight is 300 g/mol. The third-order valence-corrected chi connectivity index (χ3v) is 3.60. The van der Waals surface area contributed by atoms with Gasteiger partial charge in [-0.05, 0) is 30.5 Å². The molecule has 0 aliphatic rings. The molecule has 0 aliphatic heterocycles. The lowest BCUT2D eigenvalue weighted by atomic mass is 10.1. The standard InChI is InChI=1S/C16H20N4O2/c1-10(2)15(21)9-19-16(22)13(7-17)5-12-6-14(8-18)20(4)11(12)3/h5-6,10,15,21H,9H2,1-4H3,(H,19,22)/b13-5+. The highest BCUT2D eigenvalue weighted by Crippen LogP contribution is 2.17. The van der Waals surface area contributed by atoms with Crippen LogP contribution < -0.4 is 5.32 Å². The number of nitrogens with zero attached hydrogens (tertiary/aromatic N) is 3. The lowest BCUT2D eigenvalue weighted by molar-refractivity contribution is -0.117. The summed E-state index contributed by atoms with van der Waals surface area (Å²) in [7, 11) is 1.75. The largest absolute Gasteiger partial charge is 0.391 e. The molecule has 1 atom stereocenters. The van der Waals surface area contributed by atoms with E-state index in [2.05, 4.69) is 5.32 Å². The van der Waals surface area contributed by atoms with Crippen LogP contribution in [-0.2, 0) is 11.8 Å². The van der Waals surface area contributed by atoms with Gasteiger partial charge in [0.2, 0.25) is 0 Å². The Balaban J connectivity index is 2.95. The number of aromatic nitrogens is 1. The van der Waals surface area contributed by atoms with Gasteiger partial charge in [-0.2, -0.15) is 10.5 Å². The van der Waals surface area contributed by atoms with E-state index in [4.69, 9.17) is 10.5 Å². The Morgan fingerprint density at radius 3 is 2.59 bits per heavy atom. The number of nitriles is 2. The van der Waals surface area contributed by atoms with Crippen molar-refractivity contribution in [3.63, 3.8) is 0 Å². The molecule has 0 spiro atoms. The first-order chi connectivity index (χ1) is 10.3. The van der Waals surface area contributed by atoms with Crippen molar-refractivity contribution in [2.75, 3.05) is 6.54 Å². The Morgan fingerprint density at radius 2 is 2.14 bits per heavy atom. The zero-order chi connectivity index (χ0) is 16.9. The summed E-state index contributed by atoms with van der Waals surface area (Å²) < 4.78 is 1.70. The number of carbonyl (C=O) groups is 1. The van der Waals surface area contributed by atoms with Crippen molar-refractivity contribution >= 4 is 12.0 Å². The zero-order valence-corrected chi connectivity index (χ0v) is 13.2. The van der Waals surface area contributed by atoms with Crippen LogP contribution in [0.2, 0.25) is 0 Å². The molecule has 0 saturated heterocycles. The Labute approximate surface area is 130 Å². The molecule has 116 valence electrons. The van der Waals surface area contributed by atoms with E-state index in [1.807, 2.05) is 32.9 Å². The van der Waals surface area contributed by atoms with Gasteiger partial charge in [-0.15, -0.1) is 0 Å². The molecule has 0 aromatic carbocycles. The normalized spacial score (nSPS) is 12.6. The summed E-state index contributed by atoms with van der Waals surface area (Å²) in [4.78, 5) is 12.0. The van der Waals surface area contributed by atoms with Crippen LogP contribution in [0.15, 0.2) is 11.6 Å². The molecule has 6 nitrogen and oxygen atoms in total. The molecule has 2 N–H and O–H groups in total. The van der Waals surface area contributed by atoms with E-state index in [9.17, 15) is 9.90 Å². The lowest BCUT2D eigenvalue weighted by Gasteiger charge is -2.14. The van der Waals surface area contributed by atoms with Crippen LogP contribution in [0.1, 0.15) is 30.8 Å². The smallest absolute Gasteiger partial charge is 0.262 e. The second-order valence-electron chi connectivity index (χ2n) is 5.43. The van der Waals surface area contributed by atoms with Crippen LogP contribution in [0.3, 0.4) is 0 Å². The monoisotopic (exact) mass is 300 g/mol. The van der Waals surface area contributed by atoms with Crippen LogP contribution in [0.4, 0.5) is 0 Å². The fourth-order valence-electron chi connectivity index (χ4n) is 1.81. The fraction of sp³-hybridized carbons (Fsp3) is 0.438. The first kappa shape index (κ1) is 17.5. The average Bonchev–Trinajstić information content (AvgIpc) is 2.77. The van der Waals surface area contributed by atoms with Gasteiger partial charge in [0.25, 0.3) is 5.91 Å². The maximum Gasteiger partial charge on any atom is 0.262 e. The van der Waals surface area contributed by atoms with Crippen molar-refractivity contribution < 1.29 is 9.90 Å². The van der Waals surface area contributed by atoms with Crippen LogP contribution in [0.25, 0.3) is 6.08 Å². The number of carbonyl (C=O) groups excluding carboxylic acids is 1. The van der Waals surface area contributed by atoms with Gasteiger partial charge in [-0.1, -0.05) is 13.8 Å². The second-order valence-corrected chi connectivity index (χ2v) is 5.43. The van der Waals surface area contributed by atoms with E-state index in [1.54, 1.807) is 17.7 Å². The predicted molar refractivity (Wildman–Crippen MR) is 82.3 cm³/mol. The molecule has 1 rings (SSSR count). The summed E-state index contributed by atoms with van der Waals surface area (Å²) in [5.41, 5.74) is 1.83. The SMILES string of the molecule is Cc1c(/C=C(\C#N)C(=O)NCC(O)C(C)C)cc(C#N)n1C. The summed E-state index contributed by atoms with van der Waals surface area (Å²) in [6.45, 7) is 5.58. The number of amides is 1. The van der Waals surface area contributed by atoms with Gasteiger partial charge in [0.1, 0.15) is 23.4 Å². The summed E-state index contributed by atoms with van der Waals surface area (Å²) in [6.07, 6.45) is 0.792. The molecule has 0 fully saturated rings. The Morgan fingerprint density at radius 1 is 1.50 bits per heavy atom. The topological polar surface area (TPSA) is 102 Å². The van der Waals surface area contributed by atoms with Gasteiger partial charge in [0.15, 0.2) is 0 Å². The van der Waals surface area contributed by atoms with Crippen LogP contribution in [0.5, 0.6) is 0 Å². The van der Waals surface area contributed by atoms with E-state index in [-0.39, 0.29) is 18.0 Å². The highest BCUT2D eigenvalue weighted by atomic mass is 16.3. The third kappa shape index (κ3) is 3.97. The van der Waals surface area contributed by atoms with E-state index >= 15 is 0 Å². The minimum Gasteiger partial charge on any atom is -0.391 e. The highest BCUT2D eigenvalue weighted by molar-refractivity contribution is 6.01. The van der Waals surface area contributed by atoms with E-state index in [1.165, 1.54) is 6.08 Å². The van der Waals surface area contributed by atoms with Crippen LogP contribution >= 0.6 is 0 Å². The first-order valence-corrected chi connectivity index (χ1v) is 6.96. The maximum atomic E-state index is 12.0. The minimum atomic E-state index is -0.660. The van der Waals surface area contributed by atoms with Crippen molar-refractivity contribution in [2.24, 2.45) is 13.0 Å². The maximum absolute atomic E-state index is 12.0. The highest BCUT2D eigenvalue weighted by Gasteiger charge is 2.15. The summed E-state index contributed by atoms with van der Waals surface area (Å²) >= 11 is 0. The number of aliphatic hydroxyl groups is 1. The van der Waals surface area contributed by atoms with Crippen molar-refractivity contribution in [3.05, 3.63) is 28.6 Å². The number of rotatable bonds is 5. The zero-order valence-electron chi connectivity index (χ0n) is 13.2. The van der Waals surface area contributed by atoms with Crippen molar-refractivity contribution in [1.82, 2.24) is 9.88 Å². The molecule has 6 heteroatoms. The summed E-state index contributed by atoms with van der Waals surface area (Å²) in [6, 6.07) is 5.53. The molecule has 22 heavy (non-hydrogen) atoms. The van der Waals surface area contributed by atoms with E-state index in [0.29, 0.717) is 11.3 Å². The Kier molecular flexibility index (Phi) is 5.91. The predicted octanol–water partition coefficient (Wildman–Crippen LogP) is 1.25. The van der Waals surface area contributed by atoms with Crippen molar-refractivity contribution in [1.29, 1.82) is 10.5 Å². The molecule has 1 aromatic heterocycles. The Bertz CT molecular complexity index is 672. The van der Waals surface area contributed by atoms with Gasteiger partial charge in [0, 0.05) is 19.3 Å². The molecular formula is C16H20N4O2. The number of nitrogens with one attached hydrogen (secondary N) is 1. The van der Waals surface area contributed by atoms with E-state index in [0.717, 1.165) is 5.69 Å². The van der Waals surface area contributed by atoms with Crippen LogP contribution in [-0.4, -0.2) is 28.2 Å². The molecule has 0 radical (unpaired) electrons. The molecule has 1 amide bonds. The molecule has 0 saturated carbocycles. The summed E-state index contributed by atoms with van der Waals surface area (Å²) in [5.74, 6) is -0.520. The quantitative estimate of drug-likeness (QED) is 0.631. The molecular weight excluding hydrogens is 280 g/mol. The lowest BCUT2D eigenvalue weighted by Crippen LogP contribution is -2.35.